The van der Waals surface area contributed by atoms with Crippen LogP contribution < -0.4 is 27.0 Å². The number of ether oxygens (including phenoxy) is 2. The zero-order valence-corrected chi connectivity index (χ0v) is 47.1. The van der Waals surface area contributed by atoms with E-state index in [9.17, 15) is 68.1 Å². The minimum absolute atomic E-state index is 0.0337. The summed E-state index contributed by atoms with van der Waals surface area (Å²) in [6.07, 6.45) is 19.2. The Kier molecular flexibility index (Phi) is 40.9. The van der Waals surface area contributed by atoms with E-state index in [1.807, 2.05) is 0 Å². The van der Waals surface area contributed by atoms with Crippen molar-refractivity contribution >= 4 is 64.9 Å². The molecular formula is C56H93N7O17. The number of Topliss-reactive ketones (excluding diaryl/α,β-unsaturated/α-hetero) is 3. The Bertz CT molecular complexity index is 2000. The first kappa shape index (κ1) is 71.9. The normalized spacial score (nSPS) is 13.0. The van der Waals surface area contributed by atoms with Crippen LogP contribution in [0.5, 0.6) is 0 Å². The number of carbonyl (C=O) groups is 11. The Morgan fingerprint density at radius 2 is 1.02 bits per heavy atom. The van der Waals surface area contributed by atoms with Gasteiger partial charge in [0.2, 0.25) is 23.6 Å². The number of aromatic nitrogens is 2. The topological polar surface area (TPSA) is 390 Å². The second-order valence-electron chi connectivity index (χ2n) is 20.4. The van der Waals surface area contributed by atoms with E-state index in [0.717, 1.165) is 57.1 Å². The van der Waals surface area contributed by atoms with Gasteiger partial charge < -0.3 is 61.9 Å². The van der Waals surface area contributed by atoms with Crippen LogP contribution in [0, 0.1) is 11.8 Å². The number of aromatic amines is 1. The van der Waals surface area contributed by atoms with Crippen LogP contribution in [0.2, 0.25) is 0 Å². The van der Waals surface area contributed by atoms with Crippen LogP contribution in [0.3, 0.4) is 0 Å². The number of ketones is 3. The summed E-state index contributed by atoms with van der Waals surface area (Å²) in [5, 5.41) is 47.7. The van der Waals surface area contributed by atoms with Crippen LogP contribution in [-0.2, 0) is 68.6 Å². The molecule has 0 aromatic carbocycles. The lowest BCUT2D eigenvalue weighted by atomic mass is 9.89. The lowest BCUT2D eigenvalue weighted by molar-refractivity contribution is -0.145. The van der Waals surface area contributed by atoms with Crippen molar-refractivity contribution in [3.63, 3.8) is 0 Å². The highest BCUT2D eigenvalue weighted by Crippen LogP contribution is 2.20. The molecule has 80 heavy (non-hydrogen) atoms. The number of unbranched alkanes of at least 4 members (excludes halogenated alkanes) is 14. The van der Waals surface area contributed by atoms with E-state index in [2.05, 4.69) is 31.2 Å². The molecule has 0 saturated carbocycles. The first-order chi connectivity index (χ1) is 38.3. The number of hydrogen-bond donors (Lipinski definition) is 10. The van der Waals surface area contributed by atoms with Gasteiger partial charge in [0.25, 0.3) is 0 Å². The Morgan fingerprint density at radius 1 is 0.525 bits per heavy atom. The number of carboxylic acid groups (broad SMARTS) is 4. The lowest BCUT2D eigenvalue weighted by Gasteiger charge is -2.17. The van der Waals surface area contributed by atoms with Crippen LogP contribution in [-0.4, -0.2) is 153 Å². The fourth-order valence-corrected chi connectivity index (χ4v) is 8.83. The quantitative estimate of drug-likeness (QED) is 0.0378. The van der Waals surface area contributed by atoms with E-state index < -0.39 is 90.9 Å². The maximum absolute atomic E-state index is 12.6. The van der Waals surface area contributed by atoms with Crippen molar-refractivity contribution in [1.29, 1.82) is 0 Å². The molecule has 24 nitrogen and oxygen atoms in total. The predicted molar refractivity (Wildman–Crippen MR) is 294 cm³/mol. The molecule has 1 aromatic rings. The van der Waals surface area contributed by atoms with E-state index in [-0.39, 0.29) is 108 Å². The average molecular weight is 1140 g/mol. The van der Waals surface area contributed by atoms with Crippen LogP contribution in [0.25, 0.3) is 0 Å². The number of nitrogens with one attached hydrogen (secondary N) is 5. The number of rotatable bonds is 54. The first-order valence-corrected chi connectivity index (χ1v) is 28.8. The Labute approximate surface area is 470 Å². The van der Waals surface area contributed by atoms with Gasteiger partial charge in [0.15, 0.2) is 5.78 Å². The molecule has 0 aliphatic rings. The van der Waals surface area contributed by atoms with Gasteiger partial charge in [-0.3, -0.25) is 43.2 Å². The van der Waals surface area contributed by atoms with Crippen molar-refractivity contribution in [2.45, 2.75) is 218 Å². The number of hydrogen-bond acceptors (Lipinski definition) is 15. The third kappa shape index (κ3) is 38.5. The molecule has 0 aliphatic heterocycles. The highest BCUT2D eigenvalue weighted by atomic mass is 16.5. The van der Waals surface area contributed by atoms with Crippen molar-refractivity contribution in [2.24, 2.45) is 17.6 Å². The number of carbonyl (C=O) groups excluding carboxylic acids is 7. The van der Waals surface area contributed by atoms with Gasteiger partial charge in [-0.25, -0.2) is 14.6 Å². The van der Waals surface area contributed by atoms with E-state index in [4.69, 9.17) is 20.3 Å². The van der Waals surface area contributed by atoms with Gasteiger partial charge in [0, 0.05) is 88.7 Å². The summed E-state index contributed by atoms with van der Waals surface area (Å²) >= 11 is 0. The smallest absolute Gasteiger partial charge is 0.326 e. The highest BCUT2D eigenvalue weighted by molar-refractivity contribution is 5.88. The van der Waals surface area contributed by atoms with Gasteiger partial charge >= 0.3 is 23.9 Å². The Hall–Kier alpha value is -6.14. The number of nitrogens with two attached hydrogens (primary N) is 1. The van der Waals surface area contributed by atoms with Crippen LogP contribution >= 0.6 is 0 Å². The number of carboxylic acids is 4. The fourth-order valence-electron chi connectivity index (χ4n) is 8.83. The summed E-state index contributed by atoms with van der Waals surface area (Å²) in [4.78, 5) is 140. The number of nitrogens with zero attached hydrogens (tertiary/aromatic N) is 1. The molecule has 1 aromatic heterocycles. The number of amides is 4. The Balaban J connectivity index is 2.20. The zero-order chi connectivity index (χ0) is 59.3. The molecule has 1 rings (SSSR count). The lowest BCUT2D eigenvalue weighted by Crippen LogP contribution is -2.42. The highest BCUT2D eigenvalue weighted by Gasteiger charge is 2.26. The van der Waals surface area contributed by atoms with Crippen LogP contribution in [0.15, 0.2) is 12.5 Å². The molecular weight excluding hydrogens is 1040 g/mol. The van der Waals surface area contributed by atoms with Gasteiger partial charge in [0.05, 0.1) is 38.1 Å². The molecule has 0 fully saturated rings. The van der Waals surface area contributed by atoms with Crippen molar-refractivity contribution in [1.82, 2.24) is 31.2 Å². The molecule has 1 heterocycles. The monoisotopic (exact) mass is 1140 g/mol. The second kappa shape index (κ2) is 45.6. The van der Waals surface area contributed by atoms with Gasteiger partial charge in [-0.15, -0.1) is 0 Å². The maximum atomic E-state index is 12.6. The van der Waals surface area contributed by atoms with E-state index in [0.29, 0.717) is 44.9 Å². The van der Waals surface area contributed by atoms with E-state index in [1.54, 1.807) is 13.1 Å². The minimum atomic E-state index is -1.43. The molecule has 454 valence electrons. The predicted octanol–water partition coefficient (Wildman–Crippen LogP) is 5.13. The number of imidazole rings is 1. The standard InChI is InChI=1S/C56H93N7O17/c1-2-47(65)40(22-26-48(66)44(57)36-42-37-58-39-61-42)19-17-18-30-59-49(67)28-24-46(56(77)78)63-52(70)27-23-41(54(73)74)35-43(64)38-80-34-33-79-32-31-60-50(68)29-25-45(55(75)76)62-51(69)20-15-13-11-9-7-5-3-4-6-8-10-12-14-16-21-53(71)72/h37,39-41,44-46H,2-36,38,57H2,1H3,(H,58,61)(H,59,67)(H,60,68)(H,62,69)(H,63,70)(H,71,72)(H,73,74)(H,75,76)(H,77,78)/t40-,41-,44+,45+,46+/m1/s1. The summed E-state index contributed by atoms with van der Waals surface area (Å²) in [5.41, 5.74) is 6.78. The molecule has 0 spiro atoms. The fraction of sp³-hybridized carbons (Fsp3) is 0.750. The van der Waals surface area contributed by atoms with Gasteiger partial charge in [-0.05, 0) is 51.4 Å². The molecule has 11 N–H and O–H groups in total. The minimum Gasteiger partial charge on any atom is -0.481 e. The molecule has 0 aliphatic carbocycles. The largest absolute Gasteiger partial charge is 0.481 e. The summed E-state index contributed by atoms with van der Waals surface area (Å²) in [6, 6.07) is -3.35. The molecule has 0 radical (unpaired) electrons. The Morgan fingerprint density at radius 3 is 1.54 bits per heavy atom. The number of aliphatic carboxylic acids is 4. The van der Waals surface area contributed by atoms with Gasteiger partial charge in [-0.1, -0.05) is 90.4 Å². The summed E-state index contributed by atoms with van der Waals surface area (Å²) < 4.78 is 10.7. The number of H-pyrrole nitrogens is 1. The molecule has 0 saturated heterocycles. The average Bonchev–Trinajstić information content (AvgIpc) is 3.93. The van der Waals surface area contributed by atoms with E-state index in [1.165, 1.54) is 38.4 Å². The molecule has 5 atom stereocenters. The van der Waals surface area contributed by atoms with E-state index >= 15 is 0 Å². The van der Waals surface area contributed by atoms with Crippen LogP contribution in [0.4, 0.5) is 0 Å². The molecule has 24 heteroatoms. The third-order valence-corrected chi connectivity index (χ3v) is 13.6. The van der Waals surface area contributed by atoms with Gasteiger partial charge in [-0.2, -0.15) is 0 Å². The summed E-state index contributed by atoms with van der Waals surface area (Å²) in [6.45, 7) is 1.76. The third-order valence-electron chi connectivity index (χ3n) is 13.6. The molecule has 0 bridgehead atoms. The van der Waals surface area contributed by atoms with Crippen LogP contribution in [0.1, 0.15) is 199 Å². The SMILES string of the molecule is CCC(=O)[C@H](CCCCNC(=O)CC[C@H](NC(=O)CC[C@H](CC(=O)COCCOCCNC(=O)CC[C@H](NC(=O)CCCCCCCCCCCCCCCCC(=O)O)C(=O)O)C(=O)O)C(=O)O)CCC(=O)[C@@H](N)Cc1cnc[nH]1. The van der Waals surface area contributed by atoms with Crippen molar-refractivity contribution in [3.05, 3.63) is 18.2 Å². The molecule has 0 unspecified atom stereocenters. The maximum Gasteiger partial charge on any atom is 0.326 e. The summed E-state index contributed by atoms with van der Waals surface area (Å²) in [7, 11) is 0. The summed E-state index contributed by atoms with van der Waals surface area (Å²) in [5.74, 6) is -8.97. The van der Waals surface area contributed by atoms with Crippen molar-refractivity contribution in [3.8, 4) is 0 Å². The van der Waals surface area contributed by atoms with Gasteiger partial charge in [0.1, 0.15) is 30.3 Å². The van der Waals surface area contributed by atoms with Crippen molar-refractivity contribution < 1.29 is 82.6 Å². The second-order valence-corrected chi connectivity index (χ2v) is 20.4. The first-order valence-electron chi connectivity index (χ1n) is 28.8. The van der Waals surface area contributed by atoms with Crippen molar-refractivity contribution in [2.75, 3.05) is 39.5 Å². The zero-order valence-electron chi connectivity index (χ0n) is 47.1. The molecule has 4 amide bonds.